The lowest BCUT2D eigenvalue weighted by atomic mass is 10.1. The Kier molecular flexibility index (Phi) is 6.03. The van der Waals surface area contributed by atoms with Gasteiger partial charge in [-0.2, -0.15) is 10.4 Å². The average molecular weight is 387 g/mol. The van der Waals surface area contributed by atoms with E-state index in [0.29, 0.717) is 12.1 Å². The second-order valence-electron chi connectivity index (χ2n) is 6.77. The van der Waals surface area contributed by atoms with E-state index >= 15 is 0 Å². The molecule has 0 bridgehead atoms. The third-order valence-corrected chi connectivity index (χ3v) is 5.19. The summed E-state index contributed by atoms with van der Waals surface area (Å²) in [6.45, 7) is 10.7. The summed E-state index contributed by atoms with van der Waals surface area (Å²) in [5, 5.41) is 15.7. The first kappa shape index (κ1) is 19.5. The highest BCUT2D eigenvalue weighted by Gasteiger charge is 2.08. The van der Waals surface area contributed by atoms with Gasteiger partial charge in [-0.3, -0.25) is 4.99 Å². The quantitative estimate of drug-likeness (QED) is 0.446. The summed E-state index contributed by atoms with van der Waals surface area (Å²) in [5.41, 5.74) is 7.17. The molecule has 0 atom stereocenters. The van der Waals surface area contributed by atoms with Crippen molar-refractivity contribution in [3.63, 3.8) is 0 Å². The third-order valence-electron chi connectivity index (χ3n) is 4.33. The van der Waals surface area contributed by atoms with Crippen LogP contribution in [0, 0.1) is 25.2 Å². The van der Waals surface area contributed by atoms with Crippen LogP contribution in [0.15, 0.2) is 70.1 Å². The van der Waals surface area contributed by atoms with Crippen LogP contribution in [0.5, 0.6) is 0 Å². The topological polar surface area (TPSA) is 53.4 Å². The Morgan fingerprint density at radius 1 is 1.18 bits per heavy atom. The van der Waals surface area contributed by atoms with Gasteiger partial charge in [0.05, 0.1) is 30.1 Å². The normalized spacial score (nSPS) is 11.7. The molecule has 5 heteroatoms. The molecule has 4 nitrogen and oxygen atoms in total. The van der Waals surface area contributed by atoms with Crippen LogP contribution in [0.1, 0.15) is 29.2 Å². The van der Waals surface area contributed by atoms with Gasteiger partial charge in [-0.1, -0.05) is 36.4 Å². The minimum absolute atomic E-state index is 0.569. The van der Waals surface area contributed by atoms with Crippen molar-refractivity contribution in [3.05, 3.63) is 87.1 Å². The first-order chi connectivity index (χ1) is 13.5. The molecule has 0 amide bonds. The van der Waals surface area contributed by atoms with Crippen molar-refractivity contribution in [3.8, 4) is 17.3 Å². The average Bonchev–Trinajstić information content (AvgIpc) is 3.10. The van der Waals surface area contributed by atoms with Gasteiger partial charge in [0.1, 0.15) is 0 Å². The standard InChI is InChI=1S/C23H22N4S/c1-16(2)13-25-23-27(26-14-20-8-6-19(12-24)7-9-20)22(15-28-23)21-10-5-17(3)18(4)11-21/h5-11,14-15H,1,13H2,2-4H3. The Balaban J connectivity index is 2.07. The van der Waals surface area contributed by atoms with Crippen LogP contribution < -0.4 is 4.80 Å². The Morgan fingerprint density at radius 3 is 2.57 bits per heavy atom. The third kappa shape index (κ3) is 4.54. The van der Waals surface area contributed by atoms with Crippen LogP contribution in [-0.4, -0.2) is 17.4 Å². The smallest absolute Gasteiger partial charge is 0.206 e. The first-order valence-electron chi connectivity index (χ1n) is 8.95. The predicted molar refractivity (Wildman–Crippen MR) is 117 cm³/mol. The van der Waals surface area contributed by atoms with Crippen LogP contribution in [0.25, 0.3) is 11.3 Å². The fourth-order valence-corrected chi connectivity index (χ4v) is 3.43. The molecule has 0 aliphatic heterocycles. The van der Waals surface area contributed by atoms with Crippen LogP contribution >= 0.6 is 11.3 Å². The van der Waals surface area contributed by atoms with Crippen molar-refractivity contribution in [1.29, 1.82) is 5.26 Å². The molecule has 0 saturated heterocycles. The summed E-state index contributed by atoms with van der Waals surface area (Å²) in [6, 6.07) is 15.9. The van der Waals surface area contributed by atoms with E-state index in [1.807, 2.05) is 23.7 Å². The number of rotatable bonds is 5. The molecule has 0 fully saturated rings. The maximum Gasteiger partial charge on any atom is 0.206 e. The monoisotopic (exact) mass is 386 g/mol. The van der Waals surface area contributed by atoms with E-state index in [4.69, 9.17) is 10.4 Å². The second-order valence-corrected chi connectivity index (χ2v) is 7.60. The van der Waals surface area contributed by atoms with Crippen molar-refractivity contribution in [1.82, 2.24) is 4.68 Å². The maximum atomic E-state index is 8.95. The van der Waals surface area contributed by atoms with E-state index < -0.39 is 0 Å². The summed E-state index contributed by atoms with van der Waals surface area (Å²) in [5.74, 6) is 0. The van der Waals surface area contributed by atoms with E-state index in [0.717, 1.165) is 27.2 Å². The minimum Gasteiger partial charge on any atom is -0.253 e. The summed E-state index contributed by atoms with van der Waals surface area (Å²) < 4.78 is 1.87. The fraction of sp³-hybridized carbons (Fsp3) is 0.174. The molecule has 0 spiro atoms. The van der Waals surface area contributed by atoms with Gasteiger partial charge < -0.3 is 0 Å². The Labute approximate surface area is 169 Å². The Bertz CT molecular complexity index is 1140. The highest BCUT2D eigenvalue weighted by Crippen LogP contribution is 2.23. The van der Waals surface area contributed by atoms with Crippen molar-refractivity contribution in [2.75, 3.05) is 6.54 Å². The number of aromatic nitrogens is 1. The summed E-state index contributed by atoms with van der Waals surface area (Å²) >= 11 is 1.56. The molecular formula is C23H22N4S. The van der Waals surface area contributed by atoms with Gasteiger partial charge in [0, 0.05) is 10.9 Å². The lowest BCUT2D eigenvalue weighted by Gasteiger charge is -2.06. The summed E-state index contributed by atoms with van der Waals surface area (Å²) in [6.07, 6.45) is 1.79. The Hall–Kier alpha value is -3.23. The molecule has 1 aromatic heterocycles. The van der Waals surface area contributed by atoms with E-state index in [1.165, 1.54) is 11.1 Å². The molecule has 3 rings (SSSR count). The van der Waals surface area contributed by atoms with Gasteiger partial charge >= 0.3 is 0 Å². The highest BCUT2D eigenvalue weighted by molar-refractivity contribution is 7.07. The zero-order valence-electron chi connectivity index (χ0n) is 16.3. The molecule has 1 heterocycles. The first-order valence-corrected chi connectivity index (χ1v) is 9.83. The zero-order chi connectivity index (χ0) is 20.1. The zero-order valence-corrected chi connectivity index (χ0v) is 17.1. The predicted octanol–water partition coefficient (Wildman–Crippen LogP) is 5.06. The molecule has 28 heavy (non-hydrogen) atoms. The van der Waals surface area contributed by atoms with E-state index in [2.05, 4.69) is 55.1 Å². The van der Waals surface area contributed by atoms with Gasteiger partial charge in [-0.15, -0.1) is 11.3 Å². The summed E-state index contributed by atoms with van der Waals surface area (Å²) in [4.78, 5) is 5.48. The number of nitrogens with zero attached hydrogens (tertiary/aromatic N) is 4. The van der Waals surface area contributed by atoms with Gasteiger partial charge in [-0.05, 0) is 55.7 Å². The molecule has 0 radical (unpaired) electrons. The Morgan fingerprint density at radius 2 is 1.93 bits per heavy atom. The van der Waals surface area contributed by atoms with Crippen molar-refractivity contribution in [2.45, 2.75) is 20.8 Å². The molecule has 0 unspecified atom stereocenters. The SMILES string of the molecule is C=C(C)CN=c1scc(-c2ccc(C)c(C)c2)n1N=Cc1ccc(C#N)cc1. The van der Waals surface area contributed by atoms with Crippen molar-refractivity contribution < 1.29 is 0 Å². The number of hydrogen-bond donors (Lipinski definition) is 0. The number of benzene rings is 2. The van der Waals surface area contributed by atoms with Crippen LogP contribution in [0.2, 0.25) is 0 Å². The molecular weight excluding hydrogens is 364 g/mol. The van der Waals surface area contributed by atoms with Gasteiger partial charge in [0.25, 0.3) is 0 Å². The number of aryl methyl sites for hydroxylation is 2. The van der Waals surface area contributed by atoms with E-state index in [-0.39, 0.29) is 0 Å². The highest BCUT2D eigenvalue weighted by atomic mass is 32.1. The number of thiazole rings is 1. The largest absolute Gasteiger partial charge is 0.253 e. The number of nitriles is 1. The molecule has 3 aromatic rings. The van der Waals surface area contributed by atoms with Crippen LogP contribution in [0.4, 0.5) is 0 Å². The van der Waals surface area contributed by atoms with Gasteiger partial charge in [-0.25, -0.2) is 4.68 Å². The van der Waals surface area contributed by atoms with E-state index in [1.54, 1.807) is 29.7 Å². The molecule has 140 valence electrons. The molecule has 0 aliphatic carbocycles. The van der Waals surface area contributed by atoms with E-state index in [9.17, 15) is 0 Å². The summed E-state index contributed by atoms with van der Waals surface area (Å²) in [7, 11) is 0. The van der Waals surface area contributed by atoms with Crippen molar-refractivity contribution >= 4 is 17.6 Å². The second kappa shape index (κ2) is 8.64. The fourth-order valence-electron chi connectivity index (χ4n) is 2.59. The van der Waals surface area contributed by atoms with Gasteiger partial charge in [0.2, 0.25) is 4.80 Å². The molecule has 0 saturated carbocycles. The maximum absolute atomic E-state index is 8.95. The minimum atomic E-state index is 0.569. The molecule has 2 aromatic carbocycles. The molecule has 0 N–H and O–H groups in total. The lowest BCUT2D eigenvalue weighted by molar-refractivity contribution is 0.836. The lowest BCUT2D eigenvalue weighted by Crippen LogP contribution is -2.13. The number of hydrogen-bond acceptors (Lipinski definition) is 4. The van der Waals surface area contributed by atoms with Crippen LogP contribution in [-0.2, 0) is 0 Å². The van der Waals surface area contributed by atoms with Crippen molar-refractivity contribution in [2.24, 2.45) is 10.1 Å². The molecule has 0 aliphatic rings. The van der Waals surface area contributed by atoms with Crippen LogP contribution in [0.3, 0.4) is 0 Å². The van der Waals surface area contributed by atoms with Gasteiger partial charge in [0.15, 0.2) is 0 Å².